The Bertz CT molecular complexity index is 1030. The first-order chi connectivity index (χ1) is 16.7. The standard InChI is InChI=1S/C26H33IN5O2/c1-28-17-22(33)18-34-23-6-2-4-21(14-23)26-31-24(20-5-3-10-27-11-7-20)15-25(32-26)30-16-19-8-12-29-13-9-19/h2-7,10-11,14-15,19,22,28-29,33H,8-9,12-13,16-18H2,1H3,(H,30,31,32)/q-1. The number of halogens is 1. The van der Waals surface area contributed by atoms with Crippen molar-refractivity contribution in [2.24, 2.45) is 5.92 Å². The number of rotatable bonds is 10. The van der Waals surface area contributed by atoms with E-state index in [9.17, 15) is 5.11 Å². The number of aromatic nitrogens is 2. The molecule has 34 heavy (non-hydrogen) atoms. The molecule has 1 atom stereocenters. The number of aliphatic hydroxyl groups is 1. The van der Waals surface area contributed by atoms with Gasteiger partial charge < -0.3 is 10.4 Å². The molecule has 4 N–H and O–H groups in total. The molecule has 7 nitrogen and oxygen atoms in total. The Morgan fingerprint density at radius 2 is 2.09 bits per heavy atom. The molecule has 0 bridgehead atoms. The summed E-state index contributed by atoms with van der Waals surface area (Å²) >= 11 is -0.0457. The Balaban J connectivity index is 1.59. The zero-order valence-electron chi connectivity index (χ0n) is 19.5. The molecule has 2 aliphatic rings. The van der Waals surface area contributed by atoms with Crippen LogP contribution >= 0.6 is 0 Å². The number of aliphatic hydroxyl groups excluding tert-OH is 1. The maximum atomic E-state index is 9.96. The Morgan fingerprint density at radius 3 is 2.94 bits per heavy atom. The topological polar surface area (TPSA) is 91.3 Å². The van der Waals surface area contributed by atoms with Gasteiger partial charge in [-0.2, -0.15) is 0 Å². The quantitative estimate of drug-likeness (QED) is 0.298. The van der Waals surface area contributed by atoms with Crippen molar-refractivity contribution in [2.75, 3.05) is 45.2 Å². The van der Waals surface area contributed by atoms with Crippen molar-refractivity contribution in [2.45, 2.75) is 18.9 Å². The van der Waals surface area contributed by atoms with E-state index >= 15 is 0 Å². The predicted molar refractivity (Wildman–Crippen MR) is 133 cm³/mol. The van der Waals surface area contributed by atoms with Crippen LogP contribution in [0.3, 0.4) is 0 Å². The minimum atomic E-state index is -0.566. The van der Waals surface area contributed by atoms with Crippen molar-refractivity contribution >= 4 is 11.4 Å². The van der Waals surface area contributed by atoms with E-state index in [2.05, 4.69) is 42.3 Å². The van der Waals surface area contributed by atoms with E-state index < -0.39 is 6.10 Å². The van der Waals surface area contributed by atoms with Crippen LogP contribution in [0.1, 0.15) is 18.5 Å². The third kappa shape index (κ3) is 7.36. The Labute approximate surface area is 212 Å². The first-order valence-electron chi connectivity index (χ1n) is 11.8. The van der Waals surface area contributed by atoms with Crippen molar-refractivity contribution in [3.63, 3.8) is 0 Å². The summed E-state index contributed by atoms with van der Waals surface area (Å²) in [6, 6.07) is 9.80. The molecule has 0 spiro atoms. The molecule has 2 aliphatic heterocycles. The van der Waals surface area contributed by atoms with E-state index in [1.54, 1.807) is 7.05 Å². The van der Waals surface area contributed by atoms with Crippen molar-refractivity contribution < 1.29 is 31.0 Å². The fraction of sp³-hybridized carbons (Fsp3) is 0.385. The number of allylic oxidation sites excluding steroid dienone is 4. The second-order valence-corrected chi connectivity index (χ2v) is 10.6. The minimum absolute atomic E-state index is 0.0457. The Kier molecular flexibility index (Phi) is 9.49. The van der Waals surface area contributed by atoms with E-state index in [1.165, 1.54) is 12.8 Å². The number of nitrogens with zero attached hydrogens (tertiary/aromatic N) is 2. The molecule has 3 heterocycles. The van der Waals surface area contributed by atoms with Gasteiger partial charge >= 0.3 is 189 Å². The molecule has 0 aliphatic carbocycles. The summed E-state index contributed by atoms with van der Waals surface area (Å²) in [5, 5.41) is 19.9. The van der Waals surface area contributed by atoms with Gasteiger partial charge in [0.25, 0.3) is 0 Å². The molecule has 1 aromatic heterocycles. The van der Waals surface area contributed by atoms with Crippen LogP contribution in [0.5, 0.6) is 5.75 Å². The second-order valence-electron chi connectivity index (χ2n) is 8.45. The van der Waals surface area contributed by atoms with Gasteiger partial charge in [0.05, 0.1) is 0 Å². The number of nitrogens with one attached hydrogen (secondary N) is 3. The van der Waals surface area contributed by atoms with Gasteiger partial charge in [0, 0.05) is 6.54 Å². The number of ether oxygens (including phenoxy) is 1. The zero-order chi connectivity index (χ0) is 23.6. The third-order valence-electron chi connectivity index (χ3n) is 5.76. The summed E-state index contributed by atoms with van der Waals surface area (Å²) in [5.41, 5.74) is 2.87. The predicted octanol–water partition coefficient (Wildman–Crippen LogP) is 0.0276. The fourth-order valence-corrected chi connectivity index (χ4v) is 5.20. The van der Waals surface area contributed by atoms with Crippen molar-refractivity contribution in [3.8, 4) is 17.1 Å². The van der Waals surface area contributed by atoms with Gasteiger partial charge in [-0.15, -0.1) is 0 Å². The molecule has 1 unspecified atom stereocenters. The van der Waals surface area contributed by atoms with E-state index in [0.717, 1.165) is 42.3 Å². The van der Waals surface area contributed by atoms with Gasteiger partial charge in [-0.1, -0.05) is 0 Å². The second kappa shape index (κ2) is 13.0. The van der Waals surface area contributed by atoms with Crippen LogP contribution in [0, 0.1) is 5.92 Å². The van der Waals surface area contributed by atoms with Gasteiger partial charge in [-0.05, 0) is 7.05 Å². The average Bonchev–Trinajstić information content (AvgIpc) is 3.17. The SMILES string of the molecule is CNCC(O)COc1cccc(-c2nc(NCC3CCNCC3)cc(C3=CC=C[I-]C=C3)n2)c1. The van der Waals surface area contributed by atoms with E-state index in [4.69, 9.17) is 14.7 Å². The number of hydrogen-bond donors (Lipinski definition) is 4. The molecule has 8 heteroatoms. The first kappa shape index (κ1) is 24.8. The molecule has 1 saturated heterocycles. The molecule has 0 amide bonds. The average molecular weight is 574 g/mol. The normalized spacial score (nSPS) is 17.4. The summed E-state index contributed by atoms with van der Waals surface area (Å²) in [6.45, 7) is 3.77. The van der Waals surface area contributed by atoms with Gasteiger partial charge in [-0.25, -0.2) is 0 Å². The monoisotopic (exact) mass is 574 g/mol. The summed E-state index contributed by atoms with van der Waals surface area (Å²) in [5.74, 6) is 2.83. The third-order valence-corrected chi connectivity index (χ3v) is 7.37. The number of hydrogen-bond acceptors (Lipinski definition) is 7. The van der Waals surface area contributed by atoms with Gasteiger partial charge in [0.2, 0.25) is 0 Å². The van der Waals surface area contributed by atoms with Crippen LogP contribution in [-0.4, -0.2) is 61.0 Å². The number of benzene rings is 1. The molecule has 2 aromatic rings. The maximum absolute atomic E-state index is 9.96. The molecule has 1 aromatic carbocycles. The molecular formula is C26H33IN5O2-. The molecule has 1 fully saturated rings. The van der Waals surface area contributed by atoms with Crippen molar-refractivity contribution in [1.82, 2.24) is 20.6 Å². The van der Waals surface area contributed by atoms with Crippen LogP contribution in [0.4, 0.5) is 5.82 Å². The van der Waals surface area contributed by atoms with Crippen LogP contribution < -0.4 is 41.9 Å². The van der Waals surface area contributed by atoms with Crippen LogP contribution in [0.25, 0.3) is 17.0 Å². The van der Waals surface area contributed by atoms with Crippen LogP contribution in [-0.2, 0) is 0 Å². The Morgan fingerprint density at radius 1 is 1.21 bits per heavy atom. The van der Waals surface area contributed by atoms with Gasteiger partial charge in [0.1, 0.15) is 0 Å². The molecule has 4 rings (SSSR count). The molecule has 0 radical (unpaired) electrons. The van der Waals surface area contributed by atoms with Crippen molar-refractivity contribution in [3.05, 3.63) is 62.4 Å². The number of anilines is 1. The molecule has 182 valence electrons. The summed E-state index contributed by atoms with van der Waals surface area (Å²) in [6.07, 6.45) is 8.20. The van der Waals surface area contributed by atoms with Crippen LogP contribution in [0.2, 0.25) is 0 Å². The van der Waals surface area contributed by atoms with Crippen molar-refractivity contribution in [1.29, 1.82) is 0 Å². The number of piperidine rings is 1. The van der Waals surface area contributed by atoms with E-state index in [0.29, 0.717) is 24.0 Å². The summed E-state index contributed by atoms with van der Waals surface area (Å²) in [4.78, 5) is 9.77. The fourth-order valence-electron chi connectivity index (χ4n) is 3.92. The first-order valence-corrected chi connectivity index (χ1v) is 14.3. The van der Waals surface area contributed by atoms with E-state index in [-0.39, 0.29) is 27.8 Å². The molecular weight excluding hydrogens is 541 g/mol. The van der Waals surface area contributed by atoms with Crippen LogP contribution in [0.15, 0.2) is 56.7 Å². The number of likely N-dealkylation sites (N-methyl/N-ethyl adjacent to an activating group) is 1. The van der Waals surface area contributed by atoms with Gasteiger partial charge in [0.15, 0.2) is 0 Å². The zero-order valence-corrected chi connectivity index (χ0v) is 21.7. The summed E-state index contributed by atoms with van der Waals surface area (Å²) < 4.78 is 10.3. The van der Waals surface area contributed by atoms with Gasteiger partial charge in [-0.3, -0.25) is 0 Å². The van der Waals surface area contributed by atoms with E-state index in [1.807, 2.05) is 30.3 Å². The summed E-state index contributed by atoms with van der Waals surface area (Å²) in [7, 11) is 1.81. The molecule has 0 saturated carbocycles. The Hall–Kier alpha value is -2.27.